The molecule has 0 saturated heterocycles. The fraction of sp³-hybridized carbons (Fsp3) is 0.211. The Bertz CT molecular complexity index is 869. The first-order chi connectivity index (χ1) is 12.0. The van der Waals surface area contributed by atoms with Crippen molar-refractivity contribution in [3.63, 3.8) is 0 Å². The number of fused-ring (bicyclic) bond motifs is 1. The molecule has 1 heterocycles. The highest BCUT2D eigenvalue weighted by Gasteiger charge is 2.19. The Kier molecular flexibility index (Phi) is 5.50. The SMILES string of the molecule is Cc1ccc(C(=O)[C@H](C)OC(=O)CSc2nc3ccccc3s2)cc1. The van der Waals surface area contributed by atoms with Gasteiger partial charge in [0.25, 0.3) is 0 Å². The van der Waals surface area contributed by atoms with E-state index in [0.29, 0.717) is 5.56 Å². The monoisotopic (exact) mass is 371 g/mol. The van der Waals surface area contributed by atoms with E-state index in [2.05, 4.69) is 4.98 Å². The number of esters is 1. The maximum absolute atomic E-state index is 12.3. The molecule has 0 aliphatic carbocycles. The number of ketones is 1. The van der Waals surface area contributed by atoms with Crippen LogP contribution in [0.1, 0.15) is 22.8 Å². The number of carbonyl (C=O) groups excluding carboxylic acids is 2. The lowest BCUT2D eigenvalue weighted by Gasteiger charge is -2.12. The number of aromatic nitrogens is 1. The molecule has 6 heteroatoms. The topological polar surface area (TPSA) is 56.3 Å². The van der Waals surface area contributed by atoms with Crippen LogP contribution in [0.3, 0.4) is 0 Å². The Balaban J connectivity index is 1.54. The van der Waals surface area contributed by atoms with Gasteiger partial charge in [-0.3, -0.25) is 9.59 Å². The highest BCUT2D eigenvalue weighted by atomic mass is 32.2. The van der Waals surface area contributed by atoms with E-state index in [9.17, 15) is 9.59 Å². The number of thiazole rings is 1. The van der Waals surface area contributed by atoms with Gasteiger partial charge in [0.15, 0.2) is 10.4 Å². The quantitative estimate of drug-likeness (QED) is 0.362. The average molecular weight is 371 g/mol. The van der Waals surface area contributed by atoms with Crippen LogP contribution in [0.15, 0.2) is 52.9 Å². The Morgan fingerprint density at radius 3 is 2.60 bits per heavy atom. The third kappa shape index (κ3) is 4.46. The van der Waals surface area contributed by atoms with Crippen molar-refractivity contribution in [3.8, 4) is 0 Å². The summed E-state index contributed by atoms with van der Waals surface area (Å²) < 4.78 is 7.16. The molecule has 25 heavy (non-hydrogen) atoms. The van der Waals surface area contributed by atoms with E-state index in [-0.39, 0.29) is 11.5 Å². The zero-order valence-electron chi connectivity index (χ0n) is 13.9. The molecular formula is C19H17NO3S2. The van der Waals surface area contributed by atoms with Crippen LogP contribution in [0, 0.1) is 6.92 Å². The van der Waals surface area contributed by atoms with Gasteiger partial charge in [0.1, 0.15) is 0 Å². The van der Waals surface area contributed by atoms with Crippen molar-refractivity contribution in [2.24, 2.45) is 0 Å². The Labute approximate surface area is 154 Å². The molecule has 1 aromatic heterocycles. The number of aryl methyl sites for hydroxylation is 1. The second kappa shape index (κ2) is 7.80. The standard InChI is InChI=1S/C19H17NO3S2/c1-12-7-9-14(10-8-12)18(22)13(2)23-17(21)11-24-19-20-15-5-3-4-6-16(15)25-19/h3-10,13H,11H2,1-2H3/t13-/m0/s1. The molecule has 4 nitrogen and oxygen atoms in total. The maximum atomic E-state index is 12.3. The molecule has 2 aromatic carbocycles. The van der Waals surface area contributed by atoms with Crippen LogP contribution in [-0.2, 0) is 9.53 Å². The Morgan fingerprint density at radius 2 is 1.88 bits per heavy atom. The van der Waals surface area contributed by atoms with Gasteiger partial charge in [-0.1, -0.05) is 53.7 Å². The maximum Gasteiger partial charge on any atom is 0.317 e. The minimum absolute atomic E-state index is 0.130. The molecule has 0 aliphatic rings. The lowest BCUT2D eigenvalue weighted by molar-refractivity contribution is -0.143. The molecule has 0 amide bonds. The minimum Gasteiger partial charge on any atom is -0.454 e. The van der Waals surface area contributed by atoms with Crippen LogP contribution >= 0.6 is 23.1 Å². The Morgan fingerprint density at radius 1 is 1.16 bits per heavy atom. The number of ether oxygens (including phenoxy) is 1. The number of hydrogen-bond donors (Lipinski definition) is 0. The number of benzene rings is 2. The van der Waals surface area contributed by atoms with Gasteiger partial charge < -0.3 is 4.74 Å². The lowest BCUT2D eigenvalue weighted by atomic mass is 10.1. The molecule has 128 valence electrons. The molecule has 0 unspecified atom stereocenters. The number of thioether (sulfide) groups is 1. The number of nitrogens with zero attached hydrogens (tertiary/aromatic N) is 1. The lowest BCUT2D eigenvalue weighted by Crippen LogP contribution is -2.25. The highest BCUT2D eigenvalue weighted by molar-refractivity contribution is 8.01. The molecular weight excluding hydrogens is 354 g/mol. The van der Waals surface area contributed by atoms with Gasteiger partial charge in [-0.15, -0.1) is 11.3 Å². The molecule has 0 aliphatic heterocycles. The van der Waals surface area contributed by atoms with Crippen molar-refractivity contribution in [1.29, 1.82) is 0 Å². The summed E-state index contributed by atoms with van der Waals surface area (Å²) in [5.41, 5.74) is 2.55. The smallest absolute Gasteiger partial charge is 0.317 e. The normalized spacial score (nSPS) is 12.1. The molecule has 1 atom stereocenters. The summed E-state index contributed by atoms with van der Waals surface area (Å²) in [5, 5.41) is 0. The molecule has 0 N–H and O–H groups in total. The molecule has 0 spiro atoms. The zero-order valence-corrected chi connectivity index (χ0v) is 15.5. The Hall–Kier alpha value is -2.18. The van der Waals surface area contributed by atoms with Crippen molar-refractivity contribution in [2.45, 2.75) is 24.3 Å². The summed E-state index contributed by atoms with van der Waals surface area (Å²) in [5.74, 6) is -0.485. The number of para-hydroxylation sites is 1. The molecule has 0 radical (unpaired) electrons. The summed E-state index contributed by atoms with van der Waals surface area (Å²) in [4.78, 5) is 28.8. The molecule has 3 rings (SSSR count). The largest absolute Gasteiger partial charge is 0.454 e. The van der Waals surface area contributed by atoms with Gasteiger partial charge in [-0.2, -0.15) is 0 Å². The third-order valence-corrected chi connectivity index (χ3v) is 5.75. The van der Waals surface area contributed by atoms with Crippen LogP contribution < -0.4 is 0 Å². The van der Waals surface area contributed by atoms with E-state index in [1.807, 2.05) is 43.3 Å². The minimum atomic E-state index is -0.800. The first-order valence-electron chi connectivity index (χ1n) is 7.81. The predicted octanol–water partition coefficient (Wildman–Crippen LogP) is 4.51. The van der Waals surface area contributed by atoms with E-state index in [0.717, 1.165) is 20.1 Å². The summed E-state index contributed by atoms with van der Waals surface area (Å²) in [6, 6.07) is 15.1. The summed E-state index contributed by atoms with van der Waals surface area (Å²) >= 11 is 2.87. The van der Waals surface area contributed by atoms with E-state index < -0.39 is 12.1 Å². The van der Waals surface area contributed by atoms with Crippen LogP contribution in [0.25, 0.3) is 10.2 Å². The number of rotatable bonds is 6. The first kappa shape index (κ1) is 17.6. The summed E-state index contributed by atoms with van der Waals surface area (Å²) in [6.45, 7) is 3.55. The third-order valence-electron chi connectivity index (χ3n) is 3.60. The second-order valence-electron chi connectivity index (χ2n) is 5.60. The first-order valence-corrected chi connectivity index (χ1v) is 9.62. The molecule has 0 bridgehead atoms. The van der Waals surface area contributed by atoms with E-state index in [4.69, 9.17) is 4.74 Å². The van der Waals surface area contributed by atoms with Crippen molar-refractivity contribution in [3.05, 3.63) is 59.7 Å². The predicted molar refractivity (Wildman–Crippen MR) is 101 cm³/mol. The highest BCUT2D eigenvalue weighted by Crippen LogP contribution is 2.29. The number of hydrogen-bond acceptors (Lipinski definition) is 6. The van der Waals surface area contributed by atoms with Gasteiger partial charge in [-0.25, -0.2) is 4.98 Å². The van der Waals surface area contributed by atoms with Crippen molar-refractivity contribution < 1.29 is 14.3 Å². The van der Waals surface area contributed by atoms with E-state index in [1.165, 1.54) is 23.1 Å². The number of Topliss-reactive ketones (excluding diaryl/α,β-unsaturated/α-hetero) is 1. The van der Waals surface area contributed by atoms with Gasteiger partial charge in [0, 0.05) is 5.56 Å². The van der Waals surface area contributed by atoms with Crippen LogP contribution in [0.4, 0.5) is 0 Å². The summed E-state index contributed by atoms with van der Waals surface area (Å²) in [6.07, 6.45) is -0.800. The fourth-order valence-electron chi connectivity index (χ4n) is 2.27. The molecule has 0 fully saturated rings. The number of carbonyl (C=O) groups is 2. The van der Waals surface area contributed by atoms with Gasteiger partial charge >= 0.3 is 5.97 Å². The average Bonchev–Trinajstić information content (AvgIpc) is 3.03. The van der Waals surface area contributed by atoms with E-state index in [1.54, 1.807) is 19.1 Å². The molecule has 0 saturated carbocycles. The van der Waals surface area contributed by atoms with Gasteiger partial charge in [-0.05, 0) is 26.0 Å². The van der Waals surface area contributed by atoms with Crippen LogP contribution in [-0.4, -0.2) is 28.6 Å². The van der Waals surface area contributed by atoms with Gasteiger partial charge in [0.2, 0.25) is 5.78 Å². The zero-order chi connectivity index (χ0) is 17.8. The van der Waals surface area contributed by atoms with Crippen LogP contribution in [0.2, 0.25) is 0 Å². The molecule has 3 aromatic rings. The summed E-state index contributed by atoms with van der Waals surface area (Å²) in [7, 11) is 0. The van der Waals surface area contributed by atoms with Crippen molar-refractivity contribution >= 4 is 45.1 Å². The fourth-order valence-corrected chi connectivity index (χ4v) is 4.12. The van der Waals surface area contributed by atoms with E-state index >= 15 is 0 Å². The second-order valence-corrected chi connectivity index (χ2v) is 7.85. The van der Waals surface area contributed by atoms with Crippen molar-refractivity contribution in [1.82, 2.24) is 4.98 Å². The van der Waals surface area contributed by atoms with Gasteiger partial charge in [0.05, 0.1) is 16.0 Å². The van der Waals surface area contributed by atoms with Crippen LogP contribution in [0.5, 0.6) is 0 Å². The van der Waals surface area contributed by atoms with Crippen molar-refractivity contribution in [2.75, 3.05) is 5.75 Å².